The van der Waals surface area contributed by atoms with Gasteiger partial charge in [0.1, 0.15) is 5.82 Å². The second kappa shape index (κ2) is 7.00. The van der Waals surface area contributed by atoms with Crippen LogP contribution in [0.1, 0.15) is 28.8 Å². The summed E-state index contributed by atoms with van der Waals surface area (Å²) < 4.78 is 13.7. The number of likely N-dealkylation sites (tertiary alicyclic amines) is 1. The summed E-state index contributed by atoms with van der Waals surface area (Å²) in [5, 5.41) is 8.82. The zero-order chi connectivity index (χ0) is 15.4. The molecule has 0 aromatic heterocycles. The first-order chi connectivity index (χ1) is 9.95. The van der Waals surface area contributed by atoms with Gasteiger partial charge in [0, 0.05) is 13.1 Å². The van der Waals surface area contributed by atoms with E-state index in [9.17, 15) is 9.18 Å². The van der Waals surface area contributed by atoms with Crippen molar-refractivity contribution in [3.63, 3.8) is 0 Å². The predicted octanol–water partition coefficient (Wildman–Crippen LogP) is 2.30. The summed E-state index contributed by atoms with van der Waals surface area (Å²) in [7, 11) is 4.19. The highest BCUT2D eigenvalue weighted by molar-refractivity contribution is 5.87. The summed E-state index contributed by atoms with van der Waals surface area (Å²) in [4.78, 5) is 15.3. The highest BCUT2D eigenvalue weighted by Crippen LogP contribution is 2.20. The molecule has 0 unspecified atom stereocenters. The molecular formula is C16H23FN2O2. The van der Waals surface area contributed by atoms with Crippen LogP contribution < -0.4 is 0 Å². The van der Waals surface area contributed by atoms with Crippen LogP contribution in [0.2, 0.25) is 0 Å². The predicted molar refractivity (Wildman–Crippen MR) is 79.9 cm³/mol. The molecule has 0 radical (unpaired) electrons. The Kier molecular flexibility index (Phi) is 5.31. The van der Waals surface area contributed by atoms with E-state index in [2.05, 4.69) is 23.9 Å². The maximum Gasteiger partial charge on any atom is 0.338 e. The number of halogens is 1. The monoisotopic (exact) mass is 294 g/mol. The number of carbonyl (C=O) groups is 1. The fraction of sp³-hybridized carbons (Fsp3) is 0.562. The van der Waals surface area contributed by atoms with E-state index in [1.165, 1.54) is 12.1 Å². The molecule has 1 heterocycles. The van der Waals surface area contributed by atoms with Crippen molar-refractivity contribution in [1.82, 2.24) is 9.80 Å². The van der Waals surface area contributed by atoms with Gasteiger partial charge in [0.05, 0.1) is 5.56 Å². The van der Waals surface area contributed by atoms with Crippen LogP contribution in [0.4, 0.5) is 4.39 Å². The smallest absolute Gasteiger partial charge is 0.338 e. The van der Waals surface area contributed by atoms with Gasteiger partial charge in [0.25, 0.3) is 0 Å². The second-order valence-corrected chi connectivity index (χ2v) is 6.10. The van der Waals surface area contributed by atoms with Crippen molar-refractivity contribution in [1.29, 1.82) is 0 Å². The Hall–Kier alpha value is -1.46. The number of rotatable bonds is 5. The first kappa shape index (κ1) is 15.9. The van der Waals surface area contributed by atoms with E-state index in [0.717, 1.165) is 44.0 Å². The maximum atomic E-state index is 13.7. The topological polar surface area (TPSA) is 43.8 Å². The van der Waals surface area contributed by atoms with Crippen molar-refractivity contribution in [2.75, 3.05) is 33.7 Å². The molecule has 1 saturated heterocycles. The number of piperidine rings is 1. The van der Waals surface area contributed by atoms with E-state index in [1.54, 1.807) is 6.07 Å². The maximum absolute atomic E-state index is 13.7. The molecule has 2 rings (SSSR count). The van der Waals surface area contributed by atoms with E-state index in [1.807, 2.05) is 0 Å². The van der Waals surface area contributed by atoms with Crippen molar-refractivity contribution in [3.8, 4) is 0 Å². The normalized spacial score (nSPS) is 17.3. The molecule has 4 nitrogen and oxygen atoms in total. The van der Waals surface area contributed by atoms with Crippen molar-refractivity contribution in [2.24, 2.45) is 5.92 Å². The summed E-state index contributed by atoms with van der Waals surface area (Å²) in [6, 6.07) is 4.40. The zero-order valence-corrected chi connectivity index (χ0v) is 12.7. The number of aromatic carboxylic acids is 1. The minimum Gasteiger partial charge on any atom is -0.478 e. The largest absolute Gasteiger partial charge is 0.478 e. The number of hydrogen-bond donors (Lipinski definition) is 1. The molecule has 0 saturated carbocycles. The number of nitrogens with zero attached hydrogens (tertiary/aromatic N) is 2. The molecule has 5 heteroatoms. The van der Waals surface area contributed by atoms with Crippen molar-refractivity contribution >= 4 is 5.97 Å². The third-order valence-corrected chi connectivity index (χ3v) is 4.00. The average molecular weight is 294 g/mol. The van der Waals surface area contributed by atoms with Gasteiger partial charge in [-0.1, -0.05) is 6.07 Å². The summed E-state index contributed by atoms with van der Waals surface area (Å²) >= 11 is 0. The van der Waals surface area contributed by atoms with Crippen LogP contribution >= 0.6 is 0 Å². The van der Waals surface area contributed by atoms with Gasteiger partial charge in [-0.2, -0.15) is 0 Å². The molecule has 1 aromatic carbocycles. The van der Waals surface area contributed by atoms with Gasteiger partial charge in [0.15, 0.2) is 0 Å². The minimum absolute atomic E-state index is 0.261. The molecule has 1 N–H and O–H groups in total. The van der Waals surface area contributed by atoms with Gasteiger partial charge >= 0.3 is 5.97 Å². The number of hydrogen-bond acceptors (Lipinski definition) is 3. The van der Waals surface area contributed by atoms with Crippen LogP contribution in [-0.2, 0) is 6.54 Å². The van der Waals surface area contributed by atoms with E-state index in [4.69, 9.17) is 5.11 Å². The number of carboxylic acids is 1. The lowest BCUT2D eigenvalue weighted by atomic mass is 9.96. The molecular weight excluding hydrogens is 271 g/mol. The Bertz CT molecular complexity index is 497. The first-order valence-electron chi connectivity index (χ1n) is 7.34. The van der Waals surface area contributed by atoms with Crippen molar-refractivity contribution in [3.05, 3.63) is 35.1 Å². The standard InChI is InChI=1S/C16H23FN2O2/c1-18(2)10-12-5-7-19(8-6-12)11-13-3-4-14(16(20)21)15(17)9-13/h3-4,9,12H,5-8,10-11H2,1-2H3,(H,20,21). The van der Waals surface area contributed by atoms with Gasteiger partial charge < -0.3 is 10.0 Å². The Morgan fingerprint density at radius 2 is 2.05 bits per heavy atom. The van der Waals surface area contributed by atoms with Crippen LogP contribution in [0.3, 0.4) is 0 Å². The summed E-state index contributed by atoms with van der Waals surface area (Å²) in [5.41, 5.74) is 0.576. The Balaban J connectivity index is 1.89. The van der Waals surface area contributed by atoms with Gasteiger partial charge in [0.2, 0.25) is 0 Å². The van der Waals surface area contributed by atoms with Crippen LogP contribution in [0.5, 0.6) is 0 Å². The zero-order valence-electron chi connectivity index (χ0n) is 12.7. The molecule has 0 spiro atoms. The molecule has 116 valence electrons. The molecule has 1 aromatic rings. The van der Waals surface area contributed by atoms with Crippen LogP contribution in [0.25, 0.3) is 0 Å². The second-order valence-electron chi connectivity index (χ2n) is 6.10. The highest BCUT2D eigenvalue weighted by Gasteiger charge is 2.20. The van der Waals surface area contributed by atoms with Crippen LogP contribution in [-0.4, -0.2) is 54.6 Å². The fourth-order valence-corrected chi connectivity index (χ4v) is 2.93. The lowest BCUT2D eigenvalue weighted by Crippen LogP contribution is -2.36. The molecule has 0 atom stereocenters. The molecule has 0 aliphatic carbocycles. The van der Waals surface area contributed by atoms with E-state index >= 15 is 0 Å². The molecule has 21 heavy (non-hydrogen) atoms. The quantitative estimate of drug-likeness (QED) is 0.905. The molecule has 1 fully saturated rings. The molecule has 1 aliphatic heterocycles. The van der Waals surface area contributed by atoms with Gasteiger partial charge in [-0.15, -0.1) is 0 Å². The summed E-state index contributed by atoms with van der Waals surface area (Å²) in [6.07, 6.45) is 2.32. The van der Waals surface area contributed by atoms with Crippen molar-refractivity contribution in [2.45, 2.75) is 19.4 Å². The lowest BCUT2D eigenvalue weighted by molar-refractivity contribution is 0.0692. The third-order valence-electron chi connectivity index (χ3n) is 4.00. The van der Waals surface area contributed by atoms with E-state index < -0.39 is 11.8 Å². The SMILES string of the molecule is CN(C)CC1CCN(Cc2ccc(C(=O)O)c(F)c2)CC1. The lowest BCUT2D eigenvalue weighted by Gasteiger charge is -2.33. The van der Waals surface area contributed by atoms with Crippen molar-refractivity contribution < 1.29 is 14.3 Å². The van der Waals surface area contributed by atoms with E-state index in [0.29, 0.717) is 6.54 Å². The first-order valence-corrected chi connectivity index (χ1v) is 7.34. The van der Waals surface area contributed by atoms with Crippen LogP contribution in [0, 0.1) is 11.7 Å². The fourth-order valence-electron chi connectivity index (χ4n) is 2.93. The van der Waals surface area contributed by atoms with Gasteiger partial charge in [-0.05, 0) is 63.6 Å². The molecule has 1 aliphatic rings. The minimum atomic E-state index is -1.22. The number of benzene rings is 1. The average Bonchev–Trinajstić information content (AvgIpc) is 2.40. The van der Waals surface area contributed by atoms with E-state index in [-0.39, 0.29) is 5.56 Å². The molecule has 0 amide bonds. The molecule has 0 bridgehead atoms. The third kappa shape index (κ3) is 4.51. The Morgan fingerprint density at radius 1 is 1.38 bits per heavy atom. The Labute approximate surface area is 125 Å². The van der Waals surface area contributed by atoms with Crippen LogP contribution in [0.15, 0.2) is 18.2 Å². The highest BCUT2D eigenvalue weighted by atomic mass is 19.1. The summed E-state index contributed by atoms with van der Waals surface area (Å²) in [6.45, 7) is 3.84. The van der Waals surface area contributed by atoms with Gasteiger partial charge in [-0.3, -0.25) is 4.90 Å². The number of carboxylic acid groups (broad SMARTS) is 1. The van der Waals surface area contributed by atoms with Gasteiger partial charge in [-0.25, -0.2) is 9.18 Å². The summed E-state index contributed by atoms with van der Waals surface area (Å²) in [5.74, 6) is -1.13. The Morgan fingerprint density at radius 3 is 2.57 bits per heavy atom.